The Morgan fingerprint density at radius 3 is 2.41 bits per heavy atom. The summed E-state index contributed by atoms with van der Waals surface area (Å²) in [7, 11) is 0. The molecule has 0 aliphatic rings. The second kappa shape index (κ2) is 9.30. The van der Waals surface area contributed by atoms with Crippen molar-refractivity contribution in [3.63, 3.8) is 0 Å². The van der Waals surface area contributed by atoms with Crippen LogP contribution >= 0.6 is 11.6 Å². The Labute approximate surface area is 178 Å². The first-order valence-electron chi connectivity index (χ1n) is 10.3. The summed E-state index contributed by atoms with van der Waals surface area (Å²) in [6.45, 7) is 3.92. The van der Waals surface area contributed by atoms with Gasteiger partial charge in [0.2, 0.25) is 0 Å². The van der Waals surface area contributed by atoms with Gasteiger partial charge in [0.1, 0.15) is 0 Å². The number of aromatic nitrogens is 1. The quantitative estimate of drug-likeness (QED) is 0.358. The predicted octanol–water partition coefficient (Wildman–Crippen LogP) is 6.45. The van der Waals surface area contributed by atoms with E-state index >= 15 is 0 Å². The van der Waals surface area contributed by atoms with Gasteiger partial charge in [-0.25, -0.2) is 0 Å². The van der Waals surface area contributed by atoms with Crippen molar-refractivity contribution in [2.45, 2.75) is 38.9 Å². The Hall–Kier alpha value is -2.55. The SMILES string of the molecule is C[C@@H](CCc1ccccc1)NCc1cn(Cc2ccccc2Cl)c2ccccc12. The van der Waals surface area contributed by atoms with E-state index in [1.165, 1.54) is 22.0 Å². The lowest BCUT2D eigenvalue weighted by molar-refractivity contribution is 0.514. The molecular formula is C26H27ClN2. The maximum Gasteiger partial charge on any atom is 0.0491 e. The van der Waals surface area contributed by atoms with E-state index in [9.17, 15) is 0 Å². The average molecular weight is 403 g/mol. The zero-order valence-corrected chi connectivity index (χ0v) is 17.6. The number of fused-ring (bicyclic) bond motifs is 1. The molecule has 0 aliphatic carbocycles. The largest absolute Gasteiger partial charge is 0.343 e. The number of hydrogen-bond donors (Lipinski definition) is 1. The van der Waals surface area contributed by atoms with Crippen molar-refractivity contribution in [3.8, 4) is 0 Å². The van der Waals surface area contributed by atoms with Crippen molar-refractivity contribution < 1.29 is 0 Å². The van der Waals surface area contributed by atoms with Gasteiger partial charge in [0.15, 0.2) is 0 Å². The van der Waals surface area contributed by atoms with Gasteiger partial charge >= 0.3 is 0 Å². The molecule has 0 amide bonds. The number of rotatable bonds is 8. The number of halogens is 1. The molecule has 4 rings (SSSR count). The fraction of sp³-hybridized carbons (Fsp3) is 0.231. The van der Waals surface area contributed by atoms with Crippen LogP contribution in [0.15, 0.2) is 85.1 Å². The maximum absolute atomic E-state index is 6.39. The van der Waals surface area contributed by atoms with Crippen LogP contribution in [0.1, 0.15) is 30.0 Å². The minimum atomic E-state index is 0.459. The van der Waals surface area contributed by atoms with E-state index < -0.39 is 0 Å². The van der Waals surface area contributed by atoms with Crippen LogP contribution in [-0.4, -0.2) is 10.6 Å². The molecule has 0 saturated heterocycles. The van der Waals surface area contributed by atoms with Crippen molar-refractivity contribution in [3.05, 3.63) is 107 Å². The molecule has 148 valence electrons. The summed E-state index contributed by atoms with van der Waals surface area (Å²) in [5, 5.41) is 5.84. The van der Waals surface area contributed by atoms with E-state index in [-0.39, 0.29) is 0 Å². The fourth-order valence-electron chi connectivity index (χ4n) is 3.82. The van der Waals surface area contributed by atoms with Crippen molar-refractivity contribution >= 4 is 22.5 Å². The van der Waals surface area contributed by atoms with Crippen LogP contribution in [0.25, 0.3) is 10.9 Å². The lowest BCUT2D eigenvalue weighted by atomic mass is 10.1. The second-order valence-electron chi connectivity index (χ2n) is 7.70. The van der Waals surface area contributed by atoms with E-state index in [0.29, 0.717) is 6.04 Å². The normalized spacial score (nSPS) is 12.3. The first kappa shape index (κ1) is 19.8. The second-order valence-corrected chi connectivity index (χ2v) is 8.10. The summed E-state index contributed by atoms with van der Waals surface area (Å²) in [5.74, 6) is 0. The zero-order chi connectivity index (χ0) is 20.1. The molecule has 1 N–H and O–H groups in total. The molecule has 0 spiro atoms. The van der Waals surface area contributed by atoms with Crippen molar-refractivity contribution in [1.82, 2.24) is 9.88 Å². The summed E-state index contributed by atoms with van der Waals surface area (Å²) in [6.07, 6.45) is 4.50. The molecule has 2 nitrogen and oxygen atoms in total. The molecule has 0 radical (unpaired) electrons. The number of aryl methyl sites for hydroxylation is 1. The third-order valence-corrected chi connectivity index (χ3v) is 5.89. The van der Waals surface area contributed by atoms with Crippen molar-refractivity contribution in [2.24, 2.45) is 0 Å². The fourth-order valence-corrected chi connectivity index (χ4v) is 4.01. The molecule has 4 aromatic rings. The smallest absolute Gasteiger partial charge is 0.0491 e. The van der Waals surface area contributed by atoms with Gasteiger partial charge in [-0.2, -0.15) is 0 Å². The van der Waals surface area contributed by atoms with Gasteiger partial charge in [-0.3, -0.25) is 0 Å². The van der Waals surface area contributed by atoms with Crippen LogP contribution in [0, 0.1) is 0 Å². The summed E-state index contributed by atoms with van der Waals surface area (Å²) in [4.78, 5) is 0. The van der Waals surface area contributed by atoms with E-state index in [2.05, 4.69) is 83.7 Å². The van der Waals surface area contributed by atoms with Gasteiger partial charge in [-0.1, -0.05) is 78.3 Å². The molecular weight excluding hydrogens is 376 g/mol. The third kappa shape index (κ3) is 4.90. The van der Waals surface area contributed by atoms with Gasteiger partial charge < -0.3 is 9.88 Å². The van der Waals surface area contributed by atoms with Crippen LogP contribution in [-0.2, 0) is 19.5 Å². The van der Waals surface area contributed by atoms with Crippen LogP contribution in [0.4, 0.5) is 0 Å². The number of nitrogens with zero attached hydrogens (tertiary/aromatic N) is 1. The van der Waals surface area contributed by atoms with Gasteiger partial charge in [-0.15, -0.1) is 0 Å². The number of nitrogens with one attached hydrogen (secondary N) is 1. The molecule has 3 heteroatoms. The summed E-state index contributed by atoms with van der Waals surface area (Å²) >= 11 is 6.39. The van der Waals surface area contributed by atoms with Gasteiger partial charge in [0, 0.05) is 41.3 Å². The molecule has 1 aromatic heterocycles. The van der Waals surface area contributed by atoms with Crippen molar-refractivity contribution in [2.75, 3.05) is 0 Å². The number of para-hydroxylation sites is 1. The third-order valence-electron chi connectivity index (χ3n) is 5.52. The molecule has 1 heterocycles. The average Bonchev–Trinajstić information content (AvgIpc) is 3.11. The Morgan fingerprint density at radius 2 is 1.59 bits per heavy atom. The Balaban J connectivity index is 1.45. The highest BCUT2D eigenvalue weighted by atomic mass is 35.5. The van der Waals surface area contributed by atoms with Gasteiger partial charge in [-0.05, 0) is 48.6 Å². The highest BCUT2D eigenvalue weighted by Crippen LogP contribution is 2.24. The van der Waals surface area contributed by atoms with E-state index in [4.69, 9.17) is 11.6 Å². The molecule has 0 saturated carbocycles. The van der Waals surface area contributed by atoms with Crippen molar-refractivity contribution in [1.29, 1.82) is 0 Å². The van der Waals surface area contributed by atoms with E-state index in [0.717, 1.165) is 36.5 Å². The molecule has 0 aliphatic heterocycles. The van der Waals surface area contributed by atoms with Gasteiger partial charge in [0.05, 0.1) is 0 Å². The zero-order valence-electron chi connectivity index (χ0n) is 16.8. The monoisotopic (exact) mass is 402 g/mol. The summed E-state index contributed by atoms with van der Waals surface area (Å²) < 4.78 is 2.31. The Morgan fingerprint density at radius 1 is 0.862 bits per heavy atom. The van der Waals surface area contributed by atoms with Crippen LogP contribution in [0.5, 0.6) is 0 Å². The molecule has 0 unspecified atom stereocenters. The number of benzene rings is 3. The Kier molecular flexibility index (Phi) is 6.33. The van der Waals surface area contributed by atoms with E-state index in [1.54, 1.807) is 0 Å². The molecule has 0 bridgehead atoms. The molecule has 29 heavy (non-hydrogen) atoms. The van der Waals surface area contributed by atoms with Gasteiger partial charge in [0.25, 0.3) is 0 Å². The van der Waals surface area contributed by atoms with E-state index in [1.807, 2.05) is 18.2 Å². The van der Waals surface area contributed by atoms with Crippen LogP contribution < -0.4 is 5.32 Å². The minimum Gasteiger partial charge on any atom is -0.343 e. The van der Waals surface area contributed by atoms with Crippen LogP contribution in [0.3, 0.4) is 0 Å². The first-order valence-corrected chi connectivity index (χ1v) is 10.7. The lowest BCUT2D eigenvalue weighted by Crippen LogP contribution is -2.25. The highest BCUT2D eigenvalue weighted by molar-refractivity contribution is 6.31. The minimum absolute atomic E-state index is 0.459. The standard InChI is InChI=1S/C26H27ClN2/c1-20(15-16-21-9-3-2-4-10-21)28-17-23-19-29(26-14-8-6-12-24(23)26)18-22-11-5-7-13-25(22)27/h2-14,19-20,28H,15-18H2,1H3/t20-/m0/s1. The molecule has 3 aromatic carbocycles. The predicted molar refractivity (Wildman–Crippen MR) is 124 cm³/mol. The number of hydrogen-bond acceptors (Lipinski definition) is 1. The maximum atomic E-state index is 6.39. The Bertz CT molecular complexity index is 1070. The van der Waals surface area contributed by atoms with Crippen LogP contribution in [0.2, 0.25) is 5.02 Å². The molecule has 1 atom stereocenters. The highest BCUT2D eigenvalue weighted by Gasteiger charge is 2.11. The topological polar surface area (TPSA) is 17.0 Å². The first-order chi connectivity index (χ1) is 14.2. The lowest BCUT2D eigenvalue weighted by Gasteiger charge is -2.13. The summed E-state index contributed by atoms with van der Waals surface area (Å²) in [5.41, 5.74) is 5.13. The summed E-state index contributed by atoms with van der Waals surface area (Å²) in [6, 6.07) is 27.9. The molecule has 0 fully saturated rings.